The van der Waals surface area contributed by atoms with Crippen LogP contribution in [-0.4, -0.2) is 44.2 Å². The van der Waals surface area contributed by atoms with Gasteiger partial charge in [-0.05, 0) is 43.5 Å². The molecule has 1 unspecified atom stereocenters. The van der Waals surface area contributed by atoms with E-state index in [9.17, 15) is 18.0 Å². The summed E-state index contributed by atoms with van der Waals surface area (Å²) in [7, 11) is -3.81. The molecule has 2 N–H and O–H groups in total. The zero-order valence-electron chi connectivity index (χ0n) is 17.3. The van der Waals surface area contributed by atoms with Gasteiger partial charge in [-0.3, -0.25) is 9.59 Å². The summed E-state index contributed by atoms with van der Waals surface area (Å²) in [6.45, 7) is 2.79. The molecule has 2 heterocycles. The number of nitrogens with zero attached hydrogens (tertiary/aromatic N) is 1. The van der Waals surface area contributed by atoms with Gasteiger partial charge in [-0.25, -0.2) is 8.42 Å². The minimum atomic E-state index is -3.81. The molecule has 0 saturated carbocycles. The van der Waals surface area contributed by atoms with Gasteiger partial charge in [0.1, 0.15) is 5.75 Å². The van der Waals surface area contributed by atoms with Crippen molar-refractivity contribution >= 4 is 27.5 Å². The van der Waals surface area contributed by atoms with Gasteiger partial charge in [0.2, 0.25) is 15.9 Å². The number of nitrogens with one attached hydrogen (secondary N) is 2. The van der Waals surface area contributed by atoms with Gasteiger partial charge in [0.05, 0.1) is 16.5 Å². The number of fused-ring (bicyclic) bond motifs is 1. The number of sulfonamides is 1. The third-order valence-corrected chi connectivity index (χ3v) is 7.39. The number of piperidine rings is 1. The van der Waals surface area contributed by atoms with E-state index in [1.54, 1.807) is 0 Å². The molecule has 0 aromatic heterocycles. The van der Waals surface area contributed by atoms with Crippen LogP contribution in [0.2, 0.25) is 0 Å². The van der Waals surface area contributed by atoms with Gasteiger partial charge in [0.25, 0.3) is 5.91 Å². The van der Waals surface area contributed by atoms with E-state index >= 15 is 0 Å². The van der Waals surface area contributed by atoms with Crippen molar-refractivity contribution in [3.05, 3.63) is 53.6 Å². The van der Waals surface area contributed by atoms with Crippen LogP contribution in [0, 0.1) is 12.8 Å². The number of carbonyl (C=O) groups is 2. The molecule has 31 heavy (non-hydrogen) atoms. The maximum atomic E-state index is 13.2. The Hall–Kier alpha value is -2.91. The fourth-order valence-electron chi connectivity index (χ4n) is 3.90. The second-order valence-corrected chi connectivity index (χ2v) is 9.84. The SMILES string of the molecule is Cc1cccc(CNC(=O)C2CCCN(S(=O)(=O)c3ccc4c(c3)NC(=O)CO4)C2)c1. The van der Waals surface area contributed by atoms with Crippen molar-refractivity contribution in [1.82, 2.24) is 9.62 Å². The van der Waals surface area contributed by atoms with E-state index < -0.39 is 15.9 Å². The topological polar surface area (TPSA) is 105 Å². The molecule has 8 nitrogen and oxygen atoms in total. The van der Waals surface area contributed by atoms with E-state index in [4.69, 9.17) is 4.74 Å². The fourth-order valence-corrected chi connectivity index (χ4v) is 5.45. The van der Waals surface area contributed by atoms with Gasteiger partial charge < -0.3 is 15.4 Å². The zero-order valence-corrected chi connectivity index (χ0v) is 18.1. The molecule has 2 amide bonds. The summed E-state index contributed by atoms with van der Waals surface area (Å²) in [6.07, 6.45) is 1.24. The normalized spacial score (nSPS) is 19.1. The van der Waals surface area contributed by atoms with Crippen LogP contribution in [0.25, 0.3) is 0 Å². The number of rotatable bonds is 5. The third kappa shape index (κ3) is 4.72. The van der Waals surface area contributed by atoms with Crippen molar-refractivity contribution in [2.24, 2.45) is 5.92 Å². The Labute approximate surface area is 181 Å². The van der Waals surface area contributed by atoms with Gasteiger partial charge >= 0.3 is 0 Å². The first kappa shape index (κ1) is 21.3. The van der Waals surface area contributed by atoms with Crippen LogP contribution in [0.15, 0.2) is 47.4 Å². The molecule has 1 fully saturated rings. The molecule has 164 valence electrons. The minimum Gasteiger partial charge on any atom is -0.482 e. The molecule has 0 bridgehead atoms. The smallest absolute Gasteiger partial charge is 0.262 e. The average molecular weight is 444 g/mol. The molecule has 0 spiro atoms. The first-order valence-electron chi connectivity index (χ1n) is 10.2. The molecule has 0 radical (unpaired) electrons. The maximum absolute atomic E-state index is 13.2. The number of ether oxygens (including phenoxy) is 1. The molecule has 0 aliphatic carbocycles. The van der Waals surface area contributed by atoms with E-state index in [0.717, 1.165) is 11.1 Å². The Kier molecular flexibility index (Phi) is 5.97. The minimum absolute atomic E-state index is 0.0675. The highest BCUT2D eigenvalue weighted by molar-refractivity contribution is 7.89. The summed E-state index contributed by atoms with van der Waals surface area (Å²) in [6, 6.07) is 12.3. The summed E-state index contributed by atoms with van der Waals surface area (Å²) >= 11 is 0. The molecule has 1 atom stereocenters. The number of carbonyl (C=O) groups excluding carboxylic acids is 2. The summed E-state index contributed by atoms with van der Waals surface area (Å²) in [4.78, 5) is 24.3. The van der Waals surface area contributed by atoms with Crippen LogP contribution < -0.4 is 15.4 Å². The van der Waals surface area contributed by atoms with E-state index in [1.807, 2.05) is 31.2 Å². The lowest BCUT2D eigenvalue weighted by atomic mass is 9.98. The van der Waals surface area contributed by atoms with Crippen molar-refractivity contribution in [2.75, 3.05) is 25.0 Å². The van der Waals surface area contributed by atoms with Gasteiger partial charge in [0, 0.05) is 19.6 Å². The highest BCUT2D eigenvalue weighted by Gasteiger charge is 2.34. The summed E-state index contributed by atoms with van der Waals surface area (Å²) in [5.74, 6) is -0.447. The van der Waals surface area contributed by atoms with E-state index in [0.29, 0.717) is 37.4 Å². The predicted octanol–water partition coefficient (Wildman–Crippen LogP) is 2.04. The van der Waals surface area contributed by atoms with Crippen molar-refractivity contribution in [2.45, 2.75) is 31.2 Å². The number of amides is 2. The largest absolute Gasteiger partial charge is 0.482 e. The number of hydrogen-bond donors (Lipinski definition) is 2. The number of benzene rings is 2. The average Bonchev–Trinajstić information content (AvgIpc) is 2.77. The van der Waals surface area contributed by atoms with Crippen LogP contribution >= 0.6 is 0 Å². The second kappa shape index (κ2) is 8.68. The standard InChI is InChI=1S/C22H25N3O5S/c1-15-4-2-5-16(10-15)12-23-22(27)17-6-3-9-25(13-17)31(28,29)18-7-8-20-19(11-18)24-21(26)14-30-20/h2,4-5,7-8,10-11,17H,3,6,9,12-14H2,1H3,(H,23,27)(H,24,26). The lowest BCUT2D eigenvalue weighted by molar-refractivity contribution is -0.126. The van der Waals surface area contributed by atoms with Crippen molar-refractivity contribution < 1.29 is 22.7 Å². The van der Waals surface area contributed by atoms with E-state index in [-0.39, 0.29) is 29.9 Å². The van der Waals surface area contributed by atoms with Gasteiger partial charge in [0.15, 0.2) is 6.61 Å². The quantitative estimate of drug-likeness (QED) is 0.736. The van der Waals surface area contributed by atoms with Gasteiger partial charge in [-0.1, -0.05) is 29.8 Å². The van der Waals surface area contributed by atoms with E-state index in [2.05, 4.69) is 10.6 Å². The maximum Gasteiger partial charge on any atom is 0.262 e. The Morgan fingerprint density at radius 1 is 1.26 bits per heavy atom. The van der Waals surface area contributed by atoms with Crippen LogP contribution in [0.3, 0.4) is 0 Å². The van der Waals surface area contributed by atoms with Crippen molar-refractivity contribution in [3.8, 4) is 5.75 Å². The van der Waals surface area contributed by atoms with E-state index in [1.165, 1.54) is 22.5 Å². The lowest BCUT2D eigenvalue weighted by Gasteiger charge is -2.31. The predicted molar refractivity (Wildman–Crippen MR) is 115 cm³/mol. The first-order chi connectivity index (χ1) is 14.8. The van der Waals surface area contributed by atoms with Crippen LogP contribution in [0.5, 0.6) is 5.75 Å². The van der Waals surface area contributed by atoms with Gasteiger partial charge in [-0.2, -0.15) is 4.31 Å². The Morgan fingerprint density at radius 2 is 2.10 bits per heavy atom. The Bertz CT molecular complexity index is 1120. The monoisotopic (exact) mass is 443 g/mol. The summed E-state index contributed by atoms with van der Waals surface area (Å²) in [5, 5.41) is 5.56. The number of aryl methyl sites for hydroxylation is 1. The molecule has 4 rings (SSSR count). The molecule has 2 aliphatic heterocycles. The third-order valence-electron chi connectivity index (χ3n) is 5.53. The molecule has 2 aromatic carbocycles. The highest BCUT2D eigenvalue weighted by Crippen LogP contribution is 2.32. The molecule has 1 saturated heterocycles. The highest BCUT2D eigenvalue weighted by atomic mass is 32.2. The molecule has 2 aliphatic rings. The summed E-state index contributed by atoms with van der Waals surface area (Å²) < 4.78 is 33.0. The van der Waals surface area contributed by atoms with Crippen LogP contribution in [0.1, 0.15) is 24.0 Å². The summed E-state index contributed by atoms with van der Waals surface area (Å²) in [5.41, 5.74) is 2.46. The molecule has 9 heteroatoms. The Balaban J connectivity index is 1.44. The lowest BCUT2D eigenvalue weighted by Crippen LogP contribution is -2.45. The molecule has 2 aromatic rings. The zero-order chi connectivity index (χ0) is 22.0. The second-order valence-electron chi connectivity index (χ2n) is 7.90. The number of hydrogen-bond acceptors (Lipinski definition) is 5. The fraction of sp³-hybridized carbons (Fsp3) is 0.364. The molecular weight excluding hydrogens is 418 g/mol. The van der Waals surface area contributed by atoms with Gasteiger partial charge in [-0.15, -0.1) is 0 Å². The van der Waals surface area contributed by atoms with Crippen molar-refractivity contribution in [3.63, 3.8) is 0 Å². The number of anilines is 1. The Morgan fingerprint density at radius 3 is 2.90 bits per heavy atom. The van der Waals surface area contributed by atoms with Crippen LogP contribution in [-0.2, 0) is 26.2 Å². The molecular formula is C22H25N3O5S. The van der Waals surface area contributed by atoms with Crippen LogP contribution in [0.4, 0.5) is 5.69 Å². The van der Waals surface area contributed by atoms with Crippen molar-refractivity contribution in [1.29, 1.82) is 0 Å². The first-order valence-corrected chi connectivity index (χ1v) is 11.7.